The van der Waals surface area contributed by atoms with Gasteiger partial charge in [-0.3, -0.25) is 4.79 Å². The van der Waals surface area contributed by atoms with Crippen LogP contribution in [-0.2, 0) is 0 Å². The van der Waals surface area contributed by atoms with E-state index in [0.29, 0.717) is 17.7 Å². The number of anilines is 2. The van der Waals surface area contributed by atoms with Crippen molar-refractivity contribution in [1.29, 1.82) is 0 Å². The highest BCUT2D eigenvalue weighted by molar-refractivity contribution is 6.04. The van der Waals surface area contributed by atoms with E-state index in [1.54, 1.807) is 0 Å². The lowest BCUT2D eigenvalue weighted by atomic mass is 9.99. The van der Waals surface area contributed by atoms with Crippen LogP contribution in [0, 0.1) is 5.82 Å². The molecule has 20 heavy (non-hydrogen) atoms. The number of hydrogen-bond acceptors (Lipinski definition) is 4. The lowest BCUT2D eigenvalue weighted by Gasteiger charge is -2.34. The summed E-state index contributed by atoms with van der Waals surface area (Å²) in [6.45, 7) is 6.97. The van der Waals surface area contributed by atoms with Crippen molar-refractivity contribution in [3.8, 4) is 0 Å². The van der Waals surface area contributed by atoms with Gasteiger partial charge in [-0.15, -0.1) is 0 Å². The molecule has 0 aliphatic carbocycles. The van der Waals surface area contributed by atoms with E-state index >= 15 is 0 Å². The van der Waals surface area contributed by atoms with Crippen molar-refractivity contribution in [2.45, 2.75) is 13.3 Å². The molecule has 0 atom stereocenters. The quantitative estimate of drug-likeness (QED) is 0.891. The number of nitrogens with zero attached hydrogens (tertiary/aromatic N) is 2. The van der Waals surface area contributed by atoms with Crippen LogP contribution in [0.1, 0.15) is 23.7 Å². The van der Waals surface area contributed by atoms with Crippen LogP contribution in [-0.4, -0.2) is 45.1 Å². The molecule has 3 rings (SSSR count). The number of ketones is 1. The third-order valence-electron chi connectivity index (χ3n) is 4.15. The van der Waals surface area contributed by atoms with Crippen LogP contribution < -0.4 is 15.1 Å². The molecule has 0 spiro atoms. The van der Waals surface area contributed by atoms with Gasteiger partial charge in [0.25, 0.3) is 0 Å². The maximum Gasteiger partial charge on any atom is 0.166 e. The van der Waals surface area contributed by atoms with Gasteiger partial charge in [0.05, 0.1) is 5.69 Å². The highest BCUT2D eigenvalue weighted by Crippen LogP contribution is 2.33. The minimum absolute atomic E-state index is 0.0514. The molecule has 2 aliphatic heterocycles. The number of rotatable bonds is 2. The standard InChI is InChI=1S/C15H20FN3O/c1-2-18-6-3-15(20)11-9-12(16)14(10-13(11)18)19-7-4-17-5-8-19/h9-10,17H,2-8H2,1H3. The number of halogens is 1. The van der Waals surface area contributed by atoms with Crippen LogP contribution in [0.5, 0.6) is 0 Å². The Morgan fingerprint density at radius 1 is 1.20 bits per heavy atom. The summed E-state index contributed by atoms with van der Waals surface area (Å²) in [5.41, 5.74) is 2.05. The van der Waals surface area contributed by atoms with Gasteiger partial charge in [-0.2, -0.15) is 0 Å². The number of hydrogen-bond donors (Lipinski definition) is 1. The minimum atomic E-state index is -0.281. The number of nitrogens with one attached hydrogen (secondary N) is 1. The van der Waals surface area contributed by atoms with E-state index in [9.17, 15) is 9.18 Å². The molecule has 1 fully saturated rings. The highest BCUT2D eigenvalue weighted by Gasteiger charge is 2.26. The summed E-state index contributed by atoms with van der Waals surface area (Å²) < 4.78 is 14.3. The third kappa shape index (κ3) is 2.26. The Hall–Kier alpha value is -1.62. The van der Waals surface area contributed by atoms with Crippen LogP contribution in [0.25, 0.3) is 0 Å². The van der Waals surface area contributed by atoms with E-state index in [0.717, 1.165) is 45.0 Å². The summed E-state index contributed by atoms with van der Waals surface area (Å²) in [6, 6.07) is 3.29. The van der Waals surface area contributed by atoms with Crippen molar-refractivity contribution in [3.63, 3.8) is 0 Å². The second-order valence-electron chi connectivity index (χ2n) is 5.31. The first kappa shape index (κ1) is 13.4. The van der Waals surface area contributed by atoms with Crippen molar-refractivity contribution in [2.24, 2.45) is 0 Å². The zero-order valence-electron chi connectivity index (χ0n) is 11.8. The Kier molecular flexibility index (Phi) is 3.61. The monoisotopic (exact) mass is 277 g/mol. The SMILES string of the molecule is CCN1CCC(=O)c2cc(F)c(N3CCNCC3)cc21. The van der Waals surface area contributed by atoms with Crippen LogP contribution >= 0.6 is 0 Å². The predicted octanol–water partition coefficient (Wildman–Crippen LogP) is 1.65. The maximum atomic E-state index is 14.3. The number of fused-ring (bicyclic) bond motifs is 1. The van der Waals surface area contributed by atoms with Gasteiger partial charge in [-0.25, -0.2) is 4.39 Å². The molecule has 1 aromatic carbocycles. The van der Waals surface area contributed by atoms with Crippen LogP contribution in [0.4, 0.5) is 15.8 Å². The van der Waals surface area contributed by atoms with Crippen molar-refractivity contribution in [3.05, 3.63) is 23.5 Å². The van der Waals surface area contributed by atoms with Gasteiger partial charge < -0.3 is 15.1 Å². The second kappa shape index (κ2) is 5.40. The fourth-order valence-corrected chi connectivity index (χ4v) is 3.00. The molecule has 0 bridgehead atoms. The molecule has 4 nitrogen and oxygen atoms in total. The van der Waals surface area contributed by atoms with Crippen molar-refractivity contribution in [2.75, 3.05) is 49.1 Å². The lowest BCUT2D eigenvalue weighted by Crippen LogP contribution is -2.44. The van der Waals surface area contributed by atoms with Gasteiger partial charge in [0, 0.05) is 56.9 Å². The number of Topliss-reactive ketones (excluding diaryl/α,β-unsaturated/α-hetero) is 1. The molecule has 0 amide bonds. The Balaban J connectivity index is 2.02. The number of piperazine rings is 1. The molecule has 1 saturated heterocycles. The molecule has 0 saturated carbocycles. The van der Waals surface area contributed by atoms with E-state index in [1.807, 2.05) is 6.07 Å². The number of benzene rings is 1. The molecular formula is C15H20FN3O. The molecule has 2 aliphatic rings. The van der Waals surface area contributed by atoms with Crippen LogP contribution in [0.3, 0.4) is 0 Å². The highest BCUT2D eigenvalue weighted by atomic mass is 19.1. The zero-order chi connectivity index (χ0) is 14.1. The van der Waals surface area contributed by atoms with Crippen LogP contribution in [0.15, 0.2) is 12.1 Å². The molecule has 0 aromatic heterocycles. The number of carbonyl (C=O) groups is 1. The minimum Gasteiger partial charge on any atom is -0.371 e. The molecular weight excluding hydrogens is 257 g/mol. The summed E-state index contributed by atoms with van der Waals surface area (Å²) in [5.74, 6) is -0.229. The average Bonchev–Trinajstić information content (AvgIpc) is 2.49. The van der Waals surface area contributed by atoms with Crippen molar-refractivity contribution >= 4 is 17.2 Å². The normalized spacial score (nSPS) is 19.2. The first-order chi connectivity index (χ1) is 9.70. The fourth-order valence-electron chi connectivity index (χ4n) is 3.00. The average molecular weight is 277 g/mol. The predicted molar refractivity (Wildman–Crippen MR) is 78.3 cm³/mol. The molecule has 0 radical (unpaired) electrons. The topological polar surface area (TPSA) is 35.6 Å². The van der Waals surface area contributed by atoms with Gasteiger partial charge in [-0.1, -0.05) is 0 Å². The van der Waals surface area contributed by atoms with Gasteiger partial charge in [0.1, 0.15) is 5.82 Å². The molecule has 0 unspecified atom stereocenters. The van der Waals surface area contributed by atoms with E-state index in [4.69, 9.17) is 0 Å². The summed E-state index contributed by atoms with van der Waals surface area (Å²) in [7, 11) is 0. The van der Waals surface area contributed by atoms with Crippen molar-refractivity contribution in [1.82, 2.24) is 5.32 Å². The summed E-state index contributed by atoms with van der Waals surface area (Å²) in [6.07, 6.45) is 0.479. The molecule has 5 heteroatoms. The smallest absolute Gasteiger partial charge is 0.166 e. The van der Waals surface area contributed by atoms with Gasteiger partial charge >= 0.3 is 0 Å². The zero-order valence-corrected chi connectivity index (χ0v) is 11.8. The van der Waals surface area contributed by atoms with E-state index in [1.165, 1.54) is 6.07 Å². The Labute approximate surface area is 118 Å². The molecule has 1 aromatic rings. The van der Waals surface area contributed by atoms with Gasteiger partial charge in [0.15, 0.2) is 5.78 Å². The fraction of sp³-hybridized carbons (Fsp3) is 0.533. The summed E-state index contributed by atoms with van der Waals surface area (Å²) >= 11 is 0. The van der Waals surface area contributed by atoms with Gasteiger partial charge in [0.2, 0.25) is 0 Å². The lowest BCUT2D eigenvalue weighted by molar-refractivity contribution is 0.0979. The first-order valence-corrected chi connectivity index (χ1v) is 7.28. The van der Waals surface area contributed by atoms with E-state index in [2.05, 4.69) is 22.0 Å². The Bertz CT molecular complexity index is 526. The third-order valence-corrected chi connectivity index (χ3v) is 4.15. The first-order valence-electron chi connectivity index (χ1n) is 7.28. The van der Waals surface area contributed by atoms with Crippen LogP contribution in [0.2, 0.25) is 0 Å². The summed E-state index contributed by atoms with van der Waals surface area (Å²) in [4.78, 5) is 16.2. The molecule has 2 heterocycles. The van der Waals surface area contributed by atoms with Gasteiger partial charge in [-0.05, 0) is 19.1 Å². The molecule has 1 N–H and O–H groups in total. The maximum absolute atomic E-state index is 14.3. The second-order valence-corrected chi connectivity index (χ2v) is 5.31. The Morgan fingerprint density at radius 3 is 2.65 bits per heavy atom. The van der Waals surface area contributed by atoms with E-state index < -0.39 is 0 Å². The largest absolute Gasteiger partial charge is 0.371 e. The summed E-state index contributed by atoms with van der Waals surface area (Å²) in [5, 5.41) is 3.26. The van der Waals surface area contributed by atoms with Crippen molar-refractivity contribution < 1.29 is 9.18 Å². The number of carbonyl (C=O) groups excluding carboxylic acids is 1. The Morgan fingerprint density at radius 2 is 1.95 bits per heavy atom. The molecule has 108 valence electrons. The van der Waals surface area contributed by atoms with E-state index in [-0.39, 0.29) is 11.6 Å².